The SMILES string of the molecule is O=CNc1nc(C(=NOCCBr)C(=O)O)cs1. The zero-order valence-electron chi connectivity index (χ0n) is 8.42. The molecule has 1 aromatic rings. The fourth-order valence-electron chi connectivity index (χ4n) is 0.839. The fraction of sp³-hybridized carbons (Fsp3) is 0.250. The molecule has 0 spiro atoms. The van der Waals surface area contributed by atoms with E-state index in [0.29, 0.717) is 16.9 Å². The first-order chi connectivity index (χ1) is 8.19. The van der Waals surface area contributed by atoms with Crippen molar-refractivity contribution in [3.63, 3.8) is 0 Å². The summed E-state index contributed by atoms with van der Waals surface area (Å²) in [5.41, 5.74) is -0.164. The van der Waals surface area contributed by atoms with Crippen molar-refractivity contribution in [2.75, 3.05) is 17.3 Å². The molecule has 0 atom stereocenters. The molecule has 17 heavy (non-hydrogen) atoms. The first-order valence-corrected chi connectivity index (χ1v) is 6.34. The summed E-state index contributed by atoms with van der Waals surface area (Å²) in [5, 5.41) is 17.0. The second-order valence-electron chi connectivity index (χ2n) is 2.57. The Morgan fingerprint density at radius 3 is 3.12 bits per heavy atom. The van der Waals surface area contributed by atoms with Crippen molar-refractivity contribution < 1.29 is 19.5 Å². The number of anilines is 1. The van der Waals surface area contributed by atoms with Gasteiger partial charge in [-0.1, -0.05) is 21.1 Å². The Labute approximate surface area is 109 Å². The monoisotopic (exact) mass is 321 g/mol. The molecule has 0 fully saturated rings. The van der Waals surface area contributed by atoms with Gasteiger partial charge in [-0.25, -0.2) is 9.78 Å². The summed E-state index contributed by atoms with van der Waals surface area (Å²) in [4.78, 5) is 29.7. The molecule has 0 bridgehead atoms. The number of aliphatic carboxylic acids is 1. The number of oxime groups is 1. The Kier molecular flexibility index (Phi) is 5.57. The van der Waals surface area contributed by atoms with E-state index in [-0.39, 0.29) is 18.0 Å². The molecule has 2 N–H and O–H groups in total. The van der Waals surface area contributed by atoms with E-state index in [1.54, 1.807) is 0 Å². The Morgan fingerprint density at radius 1 is 1.76 bits per heavy atom. The number of nitrogens with one attached hydrogen (secondary N) is 1. The van der Waals surface area contributed by atoms with Gasteiger partial charge in [-0.05, 0) is 0 Å². The van der Waals surface area contributed by atoms with Crippen LogP contribution in [-0.2, 0) is 14.4 Å². The molecule has 0 saturated carbocycles. The van der Waals surface area contributed by atoms with Crippen LogP contribution in [0.4, 0.5) is 5.13 Å². The number of hydrogen-bond acceptors (Lipinski definition) is 6. The van der Waals surface area contributed by atoms with Crippen molar-refractivity contribution in [1.82, 2.24) is 4.98 Å². The number of aromatic nitrogens is 1. The number of carboxylic acid groups (broad SMARTS) is 1. The number of thiazole rings is 1. The topological polar surface area (TPSA) is 101 Å². The fourth-order valence-corrected chi connectivity index (χ4v) is 1.64. The van der Waals surface area contributed by atoms with Crippen LogP contribution >= 0.6 is 27.3 Å². The summed E-state index contributed by atoms with van der Waals surface area (Å²) in [6.07, 6.45) is 0.460. The minimum Gasteiger partial charge on any atom is -0.476 e. The molecule has 9 heteroatoms. The Hall–Kier alpha value is -1.48. The molecule has 0 radical (unpaired) electrons. The van der Waals surface area contributed by atoms with Crippen LogP contribution in [0.5, 0.6) is 0 Å². The molecule has 1 heterocycles. The van der Waals surface area contributed by atoms with E-state index in [9.17, 15) is 9.59 Å². The van der Waals surface area contributed by atoms with Crippen molar-refractivity contribution in [3.8, 4) is 0 Å². The normalized spacial score (nSPS) is 11.0. The van der Waals surface area contributed by atoms with Crippen LogP contribution in [0.1, 0.15) is 5.69 Å². The largest absolute Gasteiger partial charge is 0.476 e. The highest BCUT2D eigenvalue weighted by atomic mass is 79.9. The third-order valence-electron chi connectivity index (χ3n) is 1.46. The van der Waals surface area contributed by atoms with Gasteiger partial charge >= 0.3 is 5.97 Å². The number of halogens is 1. The lowest BCUT2D eigenvalue weighted by Crippen LogP contribution is -2.16. The minimum absolute atomic E-state index is 0.140. The van der Waals surface area contributed by atoms with E-state index >= 15 is 0 Å². The summed E-state index contributed by atoms with van der Waals surface area (Å²) in [6, 6.07) is 0. The molecule has 7 nitrogen and oxygen atoms in total. The molecule has 1 rings (SSSR count). The van der Waals surface area contributed by atoms with E-state index in [1.165, 1.54) is 5.38 Å². The van der Waals surface area contributed by atoms with E-state index in [4.69, 9.17) is 9.94 Å². The molecule has 0 aliphatic carbocycles. The maximum Gasteiger partial charge on any atom is 0.360 e. The summed E-state index contributed by atoms with van der Waals surface area (Å²) < 4.78 is 0. The number of amides is 1. The summed E-state index contributed by atoms with van der Waals surface area (Å²) in [5.74, 6) is -1.25. The maximum atomic E-state index is 10.9. The van der Waals surface area contributed by atoms with Crippen LogP contribution in [0.2, 0.25) is 0 Å². The van der Waals surface area contributed by atoms with Crippen LogP contribution in [0.3, 0.4) is 0 Å². The molecule has 0 aliphatic rings. The van der Waals surface area contributed by atoms with Gasteiger partial charge in [-0.2, -0.15) is 0 Å². The zero-order valence-corrected chi connectivity index (χ0v) is 10.8. The molecule has 1 amide bonds. The number of alkyl halides is 1. The number of nitrogens with zero attached hydrogens (tertiary/aromatic N) is 2. The molecule has 0 unspecified atom stereocenters. The van der Waals surface area contributed by atoms with Crippen molar-refractivity contribution in [2.24, 2.45) is 5.16 Å². The molecule has 0 saturated heterocycles. The predicted molar refractivity (Wildman–Crippen MR) is 65.7 cm³/mol. The third-order valence-corrected chi connectivity index (χ3v) is 2.55. The van der Waals surface area contributed by atoms with Gasteiger partial charge in [0.15, 0.2) is 5.13 Å². The maximum absolute atomic E-state index is 10.9. The average molecular weight is 322 g/mol. The minimum atomic E-state index is -1.25. The molecule has 1 aromatic heterocycles. The molecule has 0 aromatic carbocycles. The number of hydrogen-bond donors (Lipinski definition) is 2. The van der Waals surface area contributed by atoms with Gasteiger partial charge in [0, 0.05) is 10.7 Å². The highest BCUT2D eigenvalue weighted by Gasteiger charge is 2.17. The van der Waals surface area contributed by atoms with Gasteiger partial charge in [-0.3, -0.25) is 4.79 Å². The Balaban J connectivity index is 2.85. The Morgan fingerprint density at radius 2 is 2.53 bits per heavy atom. The van der Waals surface area contributed by atoms with Gasteiger partial charge in [-0.15, -0.1) is 11.3 Å². The van der Waals surface area contributed by atoms with Gasteiger partial charge in [0.1, 0.15) is 12.3 Å². The third kappa shape index (κ3) is 4.11. The summed E-state index contributed by atoms with van der Waals surface area (Å²) in [6.45, 7) is 0.250. The lowest BCUT2D eigenvalue weighted by atomic mass is 10.3. The summed E-state index contributed by atoms with van der Waals surface area (Å²) in [7, 11) is 0. The lowest BCUT2D eigenvalue weighted by Gasteiger charge is -1.98. The molecule has 0 aliphatic heterocycles. The van der Waals surface area contributed by atoms with Gasteiger partial charge in [0.2, 0.25) is 12.1 Å². The average Bonchev–Trinajstić information content (AvgIpc) is 2.73. The van der Waals surface area contributed by atoms with Crippen LogP contribution in [0.25, 0.3) is 0 Å². The highest BCUT2D eigenvalue weighted by molar-refractivity contribution is 9.09. The quantitative estimate of drug-likeness (QED) is 0.255. The Bertz CT molecular complexity index is 434. The number of rotatable bonds is 7. The number of carbonyl (C=O) groups is 2. The van der Waals surface area contributed by atoms with Crippen molar-refractivity contribution in [3.05, 3.63) is 11.1 Å². The zero-order chi connectivity index (χ0) is 12.7. The second-order valence-corrected chi connectivity index (χ2v) is 4.22. The smallest absolute Gasteiger partial charge is 0.360 e. The van der Waals surface area contributed by atoms with Crippen LogP contribution < -0.4 is 5.32 Å². The van der Waals surface area contributed by atoms with Crippen LogP contribution in [-0.4, -0.2) is 40.1 Å². The van der Waals surface area contributed by atoms with Crippen molar-refractivity contribution in [2.45, 2.75) is 0 Å². The van der Waals surface area contributed by atoms with E-state index in [2.05, 4.69) is 31.4 Å². The van der Waals surface area contributed by atoms with Gasteiger partial charge in [0.25, 0.3) is 0 Å². The summed E-state index contributed by atoms with van der Waals surface area (Å²) >= 11 is 4.21. The first kappa shape index (κ1) is 13.6. The first-order valence-electron chi connectivity index (χ1n) is 4.34. The van der Waals surface area contributed by atoms with E-state index in [0.717, 1.165) is 11.3 Å². The van der Waals surface area contributed by atoms with E-state index in [1.807, 2.05) is 0 Å². The lowest BCUT2D eigenvalue weighted by molar-refractivity contribution is -0.129. The van der Waals surface area contributed by atoms with Gasteiger partial charge < -0.3 is 15.3 Å². The van der Waals surface area contributed by atoms with Gasteiger partial charge in [0.05, 0.1) is 0 Å². The second kappa shape index (κ2) is 6.97. The highest BCUT2D eigenvalue weighted by Crippen LogP contribution is 2.15. The van der Waals surface area contributed by atoms with Crippen molar-refractivity contribution >= 4 is 50.5 Å². The molecule has 92 valence electrons. The standard InChI is InChI=1S/C8H8BrN3O4S/c9-1-2-16-12-6(7(14)15)5-3-17-8(11-5)10-4-13/h3-4H,1-2H2,(H,14,15)(H,10,11,13). The predicted octanol–water partition coefficient (Wildman–Crippen LogP) is 0.912. The number of carbonyl (C=O) groups excluding carboxylic acids is 1. The van der Waals surface area contributed by atoms with Crippen LogP contribution in [0, 0.1) is 0 Å². The number of carboxylic acids is 1. The van der Waals surface area contributed by atoms with E-state index < -0.39 is 5.97 Å². The van der Waals surface area contributed by atoms with Crippen LogP contribution in [0.15, 0.2) is 10.5 Å². The molecular weight excluding hydrogens is 314 g/mol. The van der Waals surface area contributed by atoms with Crippen molar-refractivity contribution in [1.29, 1.82) is 0 Å². The molecular formula is C8H8BrN3O4S.